The molecule has 1 saturated carbocycles. The minimum absolute atomic E-state index is 0.216. The van der Waals surface area contributed by atoms with Crippen LogP contribution >= 0.6 is 0 Å². The van der Waals surface area contributed by atoms with Gasteiger partial charge in [0.05, 0.1) is 0 Å². The standard InChI is InChI=1S/C22H37N/c1-8-19-12-10-11-17(3)20(19)22(9-2,21(4,5)6)16-23(7)15-18-13-14-18/h10-12,18H,8-9,13-16H2,1-7H3. The van der Waals surface area contributed by atoms with Crippen LogP contribution in [-0.2, 0) is 11.8 Å². The van der Waals surface area contributed by atoms with E-state index in [9.17, 15) is 0 Å². The highest BCUT2D eigenvalue weighted by atomic mass is 15.1. The molecule has 1 aromatic carbocycles. The molecule has 2 rings (SSSR count). The van der Waals surface area contributed by atoms with Crippen molar-refractivity contribution in [1.29, 1.82) is 0 Å². The van der Waals surface area contributed by atoms with Crippen LogP contribution in [0, 0.1) is 18.3 Å². The lowest BCUT2D eigenvalue weighted by Gasteiger charge is -2.49. The Morgan fingerprint density at radius 1 is 1.13 bits per heavy atom. The molecule has 0 aromatic heterocycles. The highest BCUT2D eigenvalue weighted by molar-refractivity contribution is 5.42. The molecule has 1 heteroatoms. The first-order chi connectivity index (χ1) is 10.7. The number of nitrogens with zero attached hydrogens (tertiary/aromatic N) is 1. The van der Waals surface area contributed by atoms with E-state index in [1.807, 2.05) is 0 Å². The van der Waals surface area contributed by atoms with Crippen molar-refractivity contribution in [3.8, 4) is 0 Å². The van der Waals surface area contributed by atoms with Crippen molar-refractivity contribution in [3.05, 3.63) is 34.9 Å². The van der Waals surface area contributed by atoms with Gasteiger partial charge in [-0.25, -0.2) is 0 Å². The van der Waals surface area contributed by atoms with Crippen molar-refractivity contribution in [3.63, 3.8) is 0 Å². The molecule has 0 amide bonds. The summed E-state index contributed by atoms with van der Waals surface area (Å²) in [4.78, 5) is 2.61. The van der Waals surface area contributed by atoms with Crippen LogP contribution < -0.4 is 0 Å². The topological polar surface area (TPSA) is 3.24 Å². The zero-order valence-electron chi connectivity index (χ0n) is 16.5. The Kier molecular flexibility index (Phi) is 5.61. The second-order valence-corrected chi connectivity index (χ2v) is 8.79. The Bertz CT molecular complexity index is 521. The summed E-state index contributed by atoms with van der Waals surface area (Å²) < 4.78 is 0. The molecular formula is C22H37N. The van der Waals surface area contributed by atoms with Gasteiger partial charge < -0.3 is 4.90 Å². The molecule has 1 nitrogen and oxygen atoms in total. The summed E-state index contributed by atoms with van der Waals surface area (Å²) in [7, 11) is 2.33. The summed E-state index contributed by atoms with van der Waals surface area (Å²) in [6, 6.07) is 6.89. The number of rotatable bonds is 7. The Labute approximate surface area is 144 Å². The van der Waals surface area contributed by atoms with Gasteiger partial charge in [-0.05, 0) is 67.7 Å². The smallest absolute Gasteiger partial charge is 0.0131 e. The Morgan fingerprint density at radius 2 is 1.78 bits per heavy atom. The molecule has 0 aliphatic heterocycles. The van der Waals surface area contributed by atoms with Crippen LogP contribution in [0.2, 0.25) is 0 Å². The predicted octanol–water partition coefficient (Wildman–Crippen LogP) is 5.59. The molecule has 130 valence electrons. The maximum Gasteiger partial charge on any atom is 0.0131 e. The van der Waals surface area contributed by atoms with Gasteiger partial charge in [0.25, 0.3) is 0 Å². The summed E-state index contributed by atoms with van der Waals surface area (Å²) in [5, 5.41) is 0. The van der Waals surface area contributed by atoms with Crippen molar-refractivity contribution in [2.45, 2.75) is 72.6 Å². The lowest BCUT2D eigenvalue weighted by molar-refractivity contribution is 0.113. The molecular weight excluding hydrogens is 278 g/mol. The minimum Gasteiger partial charge on any atom is -0.305 e. The maximum atomic E-state index is 2.61. The predicted molar refractivity (Wildman–Crippen MR) is 102 cm³/mol. The highest BCUT2D eigenvalue weighted by Gasteiger charge is 2.44. The molecule has 1 aliphatic carbocycles. The van der Waals surface area contributed by atoms with Crippen molar-refractivity contribution < 1.29 is 0 Å². The van der Waals surface area contributed by atoms with Gasteiger partial charge in [-0.3, -0.25) is 0 Å². The Morgan fingerprint density at radius 3 is 2.26 bits per heavy atom. The number of hydrogen-bond acceptors (Lipinski definition) is 1. The average molecular weight is 316 g/mol. The fourth-order valence-corrected chi connectivity index (χ4v) is 4.48. The lowest BCUT2D eigenvalue weighted by atomic mass is 9.59. The second-order valence-electron chi connectivity index (χ2n) is 8.79. The fraction of sp³-hybridized carbons (Fsp3) is 0.727. The molecule has 23 heavy (non-hydrogen) atoms. The van der Waals surface area contributed by atoms with Gasteiger partial charge in [0.1, 0.15) is 0 Å². The van der Waals surface area contributed by atoms with Gasteiger partial charge in [0.15, 0.2) is 0 Å². The molecule has 1 aliphatic rings. The molecule has 0 spiro atoms. The molecule has 1 aromatic rings. The summed E-state index contributed by atoms with van der Waals surface area (Å²) in [5.41, 5.74) is 5.10. The van der Waals surface area contributed by atoms with Crippen LogP contribution in [0.1, 0.15) is 70.6 Å². The van der Waals surface area contributed by atoms with Crippen molar-refractivity contribution in [1.82, 2.24) is 4.90 Å². The van der Waals surface area contributed by atoms with E-state index in [2.05, 4.69) is 71.7 Å². The minimum atomic E-state index is 0.216. The first kappa shape index (κ1) is 18.5. The van der Waals surface area contributed by atoms with E-state index < -0.39 is 0 Å². The number of hydrogen-bond donors (Lipinski definition) is 0. The fourth-order valence-electron chi connectivity index (χ4n) is 4.48. The quantitative estimate of drug-likeness (QED) is 0.633. The van der Waals surface area contributed by atoms with Crippen LogP contribution in [0.15, 0.2) is 18.2 Å². The van der Waals surface area contributed by atoms with Crippen LogP contribution in [-0.4, -0.2) is 25.0 Å². The summed E-state index contributed by atoms with van der Waals surface area (Å²) in [6.45, 7) is 16.8. The van der Waals surface area contributed by atoms with Gasteiger partial charge in [-0.2, -0.15) is 0 Å². The number of aryl methyl sites for hydroxylation is 2. The van der Waals surface area contributed by atoms with Crippen LogP contribution in [0.5, 0.6) is 0 Å². The Balaban J connectivity index is 2.48. The summed E-state index contributed by atoms with van der Waals surface area (Å²) in [6.07, 6.45) is 5.19. The third-order valence-electron chi connectivity index (χ3n) is 6.06. The maximum absolute atomic E-state index is 2.61. The number of benzene rings is 1. The van der Waals surface area contributed by atoms with Gasteiger partial charge >= 0.3 is 0 Å². The van der Waals surface area contributed by atoms with Gasteiger partial charge in [0.2, 0.25) is 0 Å². The van der Waals surface area contributed by atoms with Gasteiger partial charge in [0, 0.05) is 18.5 Å². The normalized spacial score (nSPS) is 18.3. The second kappa shape index (κ2) is 6.97. The molecule has 1 unspecified atom stereocenters. The van der Waals surface area contributed by atoms with E-state index >= 15 is 0 Å². The Hall–Kier alpha value is -0.820. The van der Waals surface area contributed by atoms with Crippen molar-refractivity contribution in [2.24, 2.45) is 11.3 Å². The summed E-state index contributed by atoms with van der Waals surface area (Å²) in [5.74, 6) is 0.956. The van der Waals surface area contributed by atoms with Crippen LogP contribution in [0.4, 0.5) is 0 Å². The third-order valence-corrected chi connectivity index (χ3v) is 6.06. The lowest BCUT2D eigenvalue weighted by Crippen LogP contribution is -2.49. The average Bonchev–Trinajstić information content (AvgIpc) is 3.27. The first-order valence-corrected chi connectivity index (χ1v) is 9.52. The monoisotopic (exact) mass is 315 g/mol. The molecule has 0 bridgehead atoms. The molecule has 0 heterocycles. The summed E-state index contributed by atoms with van der Waals surface area (Å²) >= 11 is 0. The van der Waals surface area contributed by atoms with E-state index in [4.69, 9.17) is 0 Å². The van der Waals surface area contributed by atoms with Crippen molar-refractivity contribution >= 4 is 0 Å². The molecule has 0 saturated heterocycles. The van der Waals surface area contributed by atoms with E-state index in [0.717, 1.165) is 12.3 Å². The largest absolute Gasteiger partial charge is 0.305 e. The number of likely N-dealkylation sites (N-methyl/N-ethyl adjacent to an activating group) is 1. The van der Waals surface area contributed by atoms with Crippen molar-refractivity contribution in [2.75, 3.05) is 20.1 Å². The zero-order valence-corrected chi connectivity index (χ0v) is 16.5. The highest BCUT2D eigenvalue weighted by Crippen LogP contribution is 2.47. The van der Waals surface area contributed by atoms with E-state index in [1.165, 1.54) is 37.9 Å². The van der Waals surface area contributed by atoms with Gasteiger partial charge in [-0.1, -0.05) is 52.8 Å². The SMILES string of the molecule is CCc1cccc(C)c1C(CC)(CN(C)CC1CC1)C(C)(C)C. The molecule has 0 N–H and O–H groups in total. The van der Waals surface area contributed by atoms with E-state index in [1.54, 1.807) is 11.1 Å². The zero-order chi connectivity index (χ0) is 17.3. The molecule has 1 atom stereocenters. The third kappa shape index (κ3) is 3.82. The van der Waals surface area contributed by atoms with E-state index in [0.29, 0.717) is 0 Å². The van der Waals surface area contributed by atoms with Crippen LogP contribution in [0.25, 0.3) is 0 Å². The first-order valence-electron chi connectivity index (χ1n) is 9.52. The van der Waals surface area contributed by atoms with Crippen LogP contribution in [0.3, 0.4) is 0 Å². The molecule has 0 radical (unpaired) electrons. The molecule has 1 fully saturated rings. The van der Waals surface area contributed by atoms with E-state index in [-0.39, 0.29) is 10.8 Å². The van der Waals surface area contributed by atoms with Gasteiger partial charge in [-0.15, -0.1) is 0 Å².